The Morgan fingerprint density at radius 1 is 1.48 bits per heavy atom. The van der Waals surface area contributed by atoms with Crippen molar-refractivity contribution < 1.29 is 13.2 Å². The predicted molar refractivity (Wildman–Crippen MR) is 95.4 cm³/mol. The van der Waals surface area contributed by atoms with Gasteiger partial charge in [0, 0.05) is 24.5 Å². The van der Waals surface area contributed by atoms with E-state index in [1.165, 1.54) is 15.4 Å². The van der Waals surface area contributed by atoms with Crippen LogP contribution < -0.4 is 10.9 Å². The Hall–Kier alpha value is -1.33. The first kappa shape index (κ1) is 17.1. The van der Waals surface area contributed by atoms with E-state index in [-0.39, 0.29) is 18.2 Å². The second-order valence-electron chi connectivity index (χ2n) is 6.43. The highest BCUT2D eigenvalue weighted by molar-refractivity contribution is 7.88. The van der Waals surface area contributed by atoms with Crippen LogP contribution in [0.25, 0.3) is 10.2 Å². The van der Waals surface area contributed by atoms with E-state index in [2.05, 4.69) is 10.3 Å². The molecule has 0 spiro atoms. The molecular weight excluding hydrogens is 364 g/mol. The second kappa shape index (κ2) is 6.44. The molecule has 2 aliphatic rings. The van der Waals surface area contributed by atoms with Crippen molar-refractivity contribution in [3.8, 4) is 0 Å². The molecule has 1 fully saturated rings. The van der Waals surface area contributed by atoms with Gasteiger partial charge in [-0.1, -0.05) is 0 Å². The van der Waals surface area contributed by atoms with Crippen LogP contribution in [0.5, 0.6) is 0 Å². The summed E-state index contributed by atoms with van der Waals surface area (Å²) in [5.41, 5.74) is 1.04. The van der Waals surface area contributed by atoms with Crippen molar-refractivity contribution in [2.75, 3.05) is 32.5 Å². The SMILES string of the molecule is CS(=O)(=O)N1CCOC(Cn2cnc3sc4c(c3c2=O)CCNC4)C1. The molecule has 0 radical (unpaired) electrons. The van der Waals surface area contributed by atoms with Gasteiger partial charge in [0.25, 0.3) is 5.56 Å². The average Bonchev–Trinajstić information content (AvgIpc) is 2.96. The lowest BCUT2D eigenvalue weighted by Crippen LogP contribution is -2.47. The van der Waals surface area contributed by atoms with Gasteiger partial charge >= 0.3 is 0 Å². The number of hydrogen-bond donors (Lipinski definition) is 1. The third-order valence-electron chi connectivity index (χ3n) is 4.67. The van der Waals surface area contributed by atoms with Crippen molar-refractivity contribution >= 4 is 31.6 Å². The third-order valence-corrected chi connectivity index (χ3v) is 7.08. The molecule has 1 atom stereocenters. The Morgan fingerprint density at radius 2 is 2.32 bits per heavy atom. The van der Waals surface area contributed by atoms with Crippen molar-refractivity contribution in [2.45, 2.75) is 25.6 Å². The zero-order valence-electron chi connectivity index (χ0n) is 13.9. The van der Waals surface area contributed by atoms with Gasteiger partial charge in [0.05, 0.1) is 37.2 Å². The minimum atomic E-state index is -3.25. The number of thiophene rings is 1. The normalized spacial score (nSPS) is 22.2. The molecule has 0 amide bonds. The zero-order valence-corrected chi connectivity index (χ0v) is 15.5. The summed E-state index contributed by atoms with van der Waals surface area (Å²) in [4.78, 5) is 19.3. The fourth-order valence-electron chi connectivity index (χ4n) is 3.40. The highest BCUT2D eigenvalue weighted by atomic mass is 32.2. The van der Waals surface area contributed by atoms with E-state index in [0.717, 1.165) is 29.9 Å². The summed E-state index contributed by atoms with van der Waals surface area (Å²) in [7, 11) is -3.25. The summed E-state index contributed by atoms with van der Waals surface area (Å²) in [5, 5.41) is 4.02. The summed E-state index contributed by atoms with van der Waals surface area (Å²) in [6.45, 7) is 2.90. The minimum Gasteiger partial charge on any atom is -0.374 e. The maximum atomic E-state index is 12.9. The number of fused-ring (bicyclic) bond motifs is 3. The van der Waals surface area contributed by atoms with Gasteiger partial charge in [-0.25, -0.2) is 13.4 Å². The molecule has 0 bridgehead atoms. The molecule has 4 heterocycles. The lowest BCUT2D eigenvalue weighted by molar-refractivity contribution is -0.0106. The van der Waals surface area contributed by atoms with E-state index in [0.29, 0.717) is 25.1 Å². The molecule has 0 aliphatic carbocycles. The molecule has 2 aliphatic heterocycles. The number of rotatable bonds is 3. The van der Waals surface area contributed by atoms with E-state index in [9.17, 15) is 13.2 Å². The number of hydrogen-bond acceptors (Lipinski definition) is 7. The van der Waals surface area contributed by atoms with Crippen molar-refractivity contribution in [3.63, 3.8) is 0 Å². The highest BCUT2D eigenvalue weighted by Crippen LogP contribution is 2.29. The Balaban J connectivity index is 1.64. The molecule has 10 heteroatoms. The number of aromatic nitrogens is 2. The lowest BCUT2D eigenvalue weighted by Gasteiger charge is -2.31. The van der Waals surface area contributed by atoms with Crippen molar-refractivity contribution in [3.05, 3.63) is 27.1 Å². The third kappa shape index (κ3) is 3.24. The summed E-state index contributed by atoms with van der Waals surface area (Å²) in [5.74, 6) is 0. The van der Waals surface area contributed by atoms with Gasteiger partial charge in [0.2, 0.25) is 10.0 Å². The molecule has 8 nitrogen and oxygen atoms in total. The van der Waals surface area contributed by atoms with E-state index in [1.807, 2.05) is 0 Å². The monoisotopic (exact) mass is 384 g/mol. The molecule has 0 aromatic carbocycles. The predicted octanol–water partition coefficient (Wildman–Crippen LogP) is -0.236. The van der Waals surface area contributed by atoms with Gasteiger partial charge in [-0.05, 0) is 18.5 Å². The van der Waals surface area contributed by atoms with Crippen LogP contribution in [0.3, 0.4) is 0 Å². The Bertz CT molecular complexity index is 966. The lowest BCUT2D eigenvalue weighted by atomic mass is 10.1. The van der Waals surface area contributed by atoms with Crippen LogP contribution in [0.15, 0.2) is 11.1 Å². The van der Waals surface area contributed by atoms with E-state index < -0.39 is 10.0 Å². The molecular formula is C15H20N4O4S2. The smallest absolute Gasteiger partial charge is 0.262 e. The average molecular weight is 384 g/mol. The molecule has 2 aromatic rings. The number of morpholine rings is 1. The van der Waals surface area contributed by atoms with Crippen molar-refractivity contribution in [2.24, 2.45) is 0 Å². The maximum Gasteiger partial charge on any atom is 0.262 e. The quantitative estimate of drug-likeness (QED) is 0.785. The van der Waals surface area contributed by atoms with Crippen LogP contribution in [0, 0.1) is 0 Å². The van der Waals surface area contributed by atoms with Crippen molar-refractivity contribution in [1.29, 1.82) is 0 Å². The Labute approximate surface area is 149 Å². The molecule has 2 aromatic heterocycles. The van der Waals surface area contributed by atoms with E-state index in [4.69, 9.17) is 4.74 Å². The van der Waals surface area contributed by atoms with Crippen LogP contribution in [-0.4, -0.2) is 60.9 Å². The fourth-order valence-corrected chi connectivity index (χ4v) is 5.39. The Kier molecular flexibility index (Phi) is 4.40. The fraction of sp³-hybridized carbons (Fsp3) is 0.600. The van der Waals surface area contributed by atoms with Crippen LogP contribution in [0.2, 0.25) is 0 Å². The van der Waals surface area contributed by atoms with Gasteiger partial charge in [-0.15, -0.1) is 11.3 Å². The van der Waals surface area contributed by atoms with Crippen LogP contribution in [0.1, 0.15) is 10.4 Å². The molecule has 25 heavy (non-hydrogen) atoms. The first-order chi connectivity index (χ1) is 11.9. The summed E-state index contributed by atoms with van der Waals surface area (Å²) >= 11 is 1.57. The van der Waals surface area contributed by atoms with Gasteiger partial charge in [0.15, 0.2) is 0 Å². The van der Waals surface area contributed by atoms with Gasteiger partial charge in [0.1, 0.15) is 4.83 Å². The number of nitrogens with zero attached hydrogens (tertiary/aromatic N) is 3. The Morgan fingerprint density at radius 3 is 3.12 bits per heavy atom. The maximum absolute atomic E-state index is 12.9. The number of sulfonamides is 1. The molecule has 1 N–H and O–H groups in total. The van der Waals surface area contributed by atoms with Crippen LogP contribution in [-0.2, 0) is 34.3 Å². The summed E-state index contributed by atoms with van der Waals surface area (Å²) in [6, 6.07) is 0. The topological polar surface area (TPSA) is 93.5 Å². The first-order valence-corrected chi connectivity index (χ1v) is 10.9. The molecule has 1 unspecified atom stereocenters. The molecule has 0 saturated carbocycles. The first-order valence-electron chi connectivity index (χ1n) is 8.20. The van der Waals surface area contributed by atoms with Crippen LogP contribution >= 0.6 is 11.3 Å². The van der Waals surface area contributed by atoms with Crippen molar-refractivity contribution in [1.82, 2.24) is 19.2 Å². The highest BCUT2D eigenvalue weighted by Gasteiger charge is 2.27. The summed E-state index contributed by atoms with van der Waals surface area (Å²) < 4.78 is 32.1. The van der Waals surface area contributed by atoms with Gasteiger partial charge in [-0.3, -0.25) is 9.36 Å². The minimum absolute atomic E-state index is 0.0653. The number of nitrogens with one attached hydrogen (secondary N) is 1. The largest absolute Gasteiger partial charge is 0.374 e. The zero-order chi connectivity index (χ0) is 17.6. The van der Waals surface area contributed by atoms with Gasteiger partial charge < -0.3 is 10.1 Å². The van der Waals surface area contributed by atoms with Gasteiger partial charge in [-0.2, -0.15) is 4.31 Å². The second-order valence-corrected chi connectivity index (χ2v) is 9.49. The standard InChI is InChI=1S/C15H20N4O4S2/c1-25(21,22)19-4-5-23-10(8-19)7-18-9-17-14-13(15(18)20)11-2-3-16-6-12(11)24-14/h9-10,16H,2-8H2,1H3. The number of ether oxygens (including phenoxy) is 1. The van der Waals surface area contributed by atoms with Crippen LogP contribution in [0.4, 0.5) is 0 Å². The van der Waals surface area contributed by atoms with E-state index >= 15 is 0 Å². The molecule has 4 rings (SSSR count). The molecule has 1 saturated heterocycles. The van der Waals surface area contributed by atoms with E-state index in [1.54, 1.807) is 22.2 Å². The summed E-state index contributed by atoms with van der Waals surface area (Å²) in [6.07, 6.45) is 3.22. The molecule has 136 valence electrons.